The quantitative estimate of drug-likeness (QED) is 0.819. The number of nitriles is 1. The highest BCUT2D eigenvalue weighted by atomic mass is 16.6. The summed E-state index contributed by atoms with van der Waals surface area (Å²) in [4.78, 5) is 22.5. The van der Waals surface area contributed by atoms with E-state index >= 15 is 0 Å². The number of hydrogen-bond acceptors (Lipinski definition) is 7. The molecule has 146 valence electrons. The molecule has 8 heteroatoms. The van der Waals surface area contributed by atoms with Crippen LogP contribution in [0.1, 0.15) is 31.0 Å². The first-order valence-corrected chi connectivity index (χ1v) is 9.39. The maximum Gasteiger partial charge on any atom is 0.409 e. The van der Waals surface area contributed by atoms with Gasteiger partial charge in [0, 0.05) is 30.9 Å². The van der Waals surface area contributed by atoms with Crippen molar-refractivity contribution >= 4 is 23.5 Å². The third-order valence-corrected chi connectivity index (χ3v) is 4.52. The molecule has 0 unspecified atom stereocenters. The number of para-hydroxylation sites is 1. The molecule has 8 nitrogen and oxygen atoms in total. The molecule has 3 rings (SSSR count). The number of carbonyl (C=O) groups excluding carboxylic acids is 1. The summed E-state index contributed by atoms with van der Waals surface area (Å²) in [6, 6.07) is 11.5. The van der Waals surface area contributed by atoms with Gasteiger partial charge in [-0.1, -0.05) is 12.1 Å². The van der Waals surface area contributed by atoms with Crippen molar-refractivity contribution in [2.75, 3.05) is 30.3 Å². The first-order valence-electron chi connectivity index (χ1n) is 9.39. The van der Waals surface area contributed by atoms with Crippen LogP contribution in [-0.4, -0.2) is 46.7 Å². The van der Waals surface area contributed by atoms with Crippen molar-refractivity contribution in [2.24, 2.45) is 0 Å². The summed E-state index contributed by atoms with van der Waals surface area (Å²) in [6.07, 6.45) is 1.35. The number of piperidine rings is 1. The van der Waals surface area contributed by atoms with Crippen LogP contribution in [0.4, 0.5) is 22.2 Å². The van der Waals surface area contributed by atoms with Gasteiger partial charge in [0.1, 0.15) is 11.9 Å². The van der Waals surface area contributed by atoms with E-state index in [2.05, 4.69) is 26.7 Å². The molecule has 0 atom stereocenters. The van der Waals surface area contributed by atoms with Gasteiger partial charge in [-0.15, -0.1) is 0 Å². The minimum Gasteiger partial charge on any atom is -0.450 e. The molecule has 0 bridgehead atoms. The first-order chi connectivity index (χ1) is 13.6. The van der Waals surface area contributed by atoms with Crippen molar-refractivity contribution in [2.45, 2.75) is 32.7 Å². The highest BCUT2D eigenvalue weighted by Crippen LogP contribution is 2.21. The number of hydrogen-bond donors (Lipinski definition) is 2. The average Bonchev–Trinajstić information content (AvgIpc) is 2.69. The van der Waals surface area contributed by atoms with E-state index < -0.39 is 0 Å². The fourth-order valence-corrected chi connectivity index (χ4v) is 3.13. The third kappa shape index (κ3) is 4.88. The zero-order valence-electron chi connectivity index (χ0n) is 16.1. The Balaban J connectivity index is 1.64. The van der Waals surface area contributed by atoms with Crippen molar-refractivity contribution in [1.29, 1.82) is 5.26 Å². The highest BCUT2D eigenvalue weighted by Gasteiger charge is 2.24. The number of carbonyl (C=O) groups is 1. The number of aromatic nitrogens is 2. The zero-order chi connectivity index (χ0) is 19.9. The topological polar surface area (TPSA) is 103 Å². The summed E-state index contributed by atoms with van der Waals surface area (Å²) >= 11 is 0. The van der Waals surface area contributed by atoms with E-state index in [0.717, 1.165) is 18.5 Å². The van der Waals surface area contributed by atoms with Crippen molar-refractivity contribution in [3.63, 3.8) is 0 Å². The summed E-state index contributed by atoms with van der Waals surface area (Å²) in [6.45, 7) is 5.38. The molecule has 0 spiro atoms. The highest BCUT2D eigenvalue weighted by molar-refractivity contribution is 5.67. The Morgan fingerprint density at radius 1 is 1.32 bits per heavy atom. The summed E-state index contributed by atoms with van der Waals surface area (Å²) in [5.41, 5.74) is 2.08. The van der Waals surface area contributed by atoms with Crippen molar-refractivity contribution in [3.8, 4) is 6.07 Å². The van der Waals surface area contributed by atoms with Gasteiger partial charge in [0.25, 0.3) is 0 Å². The number of benzene rings is 1. The van der Waals surface area contributed by atoms with Gasteiger partial charge in [0.15, 0.2) is 0 Å². The standard InChI is InChI=1S/C20H24N6O2/c1-3-28-20(27)26-10-8-16(9-11-26)23-19-22-14(2)12-18(25-19)24-17-7-5-4-6-15(17)13-21/h4-7,12,16H,3,8-11H2,1-2H3,(H2,22,23,24,25). The van der Waals surface area contributed by atoms with Crippen LogP contribution >= 0.6 is 0 Å². The van der Waals surface area contributed by atoms with E-state index in [0.29, 0.717) is 42.7 Å². The molecule has 0 radical (unpaired) electrons. The predicted molar refractivity (Wildman–Crippen MR) is 106 cm³/mol. The van der Waals surface area contributed by atoms with Crippen LogP contribution in [0.2, 0.25) is 0 Å². The largest absolute Gasteiger partial charge is 0.450 e. The molecule has 1 saturated heterocycles. The minimum absolute atomic E-state index is 0.187. The normalized spacial score (nSPS) is 14.2. The monoisotopic (exact) mass is 380 g/mol. The number of likely N-dealkylation sites (tertiary alicyclic amines) is 1. The van der Waals surface area contributed by atoms with Crippen LogP contribution in [0.25, 0.3) is 0 Å². The summed E-state index contributed by atoms with van der Waals surface area (Å²) in [5, 5.41) is 15.8. The van der Waals surface area contributed by atoms with Gasteiger partial charge in [-0.05, 0) is 38.8 Å². The lowest BCUT2D eigenvalue weighted by Crippen LogP contribution is -2.42. The molecule has 1 aliphatic heterocycles. The SMILES string of the molecule is CCOC(=O)N1CCC(Nc2nc(C)cc(Nc3ccccc3C#N)n2)CC1. The minimum atomic E-state index is -0.254. The van der Waals surface area contributed by atoms with Crippen LogP contribution in [0.3, 0.4) is 0 Å². The molecule has 1 aliphatic rings. The molecule has 1 fully saturated rings. The Morgan fingerprint density at radius 3 is 2.79 bits per heavy atom. The van der Waals surface area contributed by atoms with Crippen LogP contribution in [-0.2, 0) is 4.74 Å². The molecular weight excluding hydrogens is 356 g/mol. The third-order valence-electron chi connectivity index (χ3n) is 4.52. The zero-order valence-corrected chi connectivity index (χ0v) is 16.1. The predicted octanol–water partition coefficient (Wildman–Crippen LogP) is 3.43. The van der Waals surface area contributed by atoms with Gasteiger partial charge in [-0.3, -0.25) is 0 Å². The van der Waals surface area contributed by atoms with Crippen molar-refractivity contribution < 1.29 is 9.53 Å². The fourth-order valence-electron chi connectivity index (χ4n) is 3.13. The molecule has 0 saturated carbocycles. The Hall–Kier alpha value is -3.34. The Bertz CT molecular complexity index is 871. The van der Waals surface area contributed by atoms with Gasteiger partial charge in [0.2, 0.25) is 5.95 Å². The van der Waals surface area contributed by atoms with E-state index in [1.807, 2.05) is 38.1 Å². The van der Waals surface area contributed by atoms with Gasteiger partial charge in [-0.25, -0.2) is 9.78 Å². The van der Waals surface area contributed by atoms with Gasteiger partial charge >= 0.3 is 6.09 Å². The molecule has 1 aromatic carbocycles. The number of ether oxygens (including phenoxy) is 1. The Kier molecular flexibility index (Phi) is 6.27. The fraction of sp³-hybridized carbons (Fsp3) is 0.400. The molecule has 2 N–H and O–H groups in total. The van der Waals surface area contributed by atoms with Crippen LogP contribution in [0.15, 0.2) is 30.3 Å². The number of rotatable bonds is 5. The Morgan fingerprint density at radius 2 is 2.07 bits per heavy atom. The lowest BCUT2D eigenvalue weighted by Gasteiger charge is -2.31. The van der Waals surface area contributed by atoms with E-state index in [-0.39, 0.29) is 12.1 Å². The lowest BCUT2D eigenvalue weighted by atomic mass is 10.1. The number of anilines is 3. The van der Waals surface area contributed by atoms with Crippen LogP contribution < -0.4 is 10.6 Å². The van der Waals surface area contributed by atoms with Crippen molar-refractivity contribution in [3.05, 3.63) is 41.6 Å². The van der Waals surface area contributed by atoms with Crippen LogP contribution in [0, 0.1) is 18.3 Å². The van der Waals surface area contributed by atoms with E-state index in [9.17, 15) is 10.1 Å². The second-order valence-corrected chi connectivity index (χ2v) is 6.61. The van der Waals surface area contributed by atoms with E-state index in [4.69, 9.17) is 4.74 Å². The molecule has 0 aliphatic carbocycles. The van der Waals surface area contributed by atoms with Gasteiger partial charge in [-0.2, -0.15) is 10.2 Å². The van der Waals surface area contributed by atoms with Crippen LogP contribution in [0.5, 0.6) is 0 Å². The maximum atomic E-state index is 11.8. The smallest absolute Gasteiger partial charge is 0.409 e. The molecule has 1 amide bonds. The Labute approximate surface area is 164 Å². The summed E-state index contributed by atoms with van der Waals surface area (Å²) < 4.78 is 5.05. The lowest BCUT2D eigenvalue weighted by molar-refractivity contribution is 0.0983. The second-order valence-electron chi connectivity index (χ2n) is 6.61. The summed E-state index contributed by atoms with van der Waals surface area (Å²) in [5.74, 6) is 1.16. The number of aryl methyl sites for hydroxylation is 1. The first kappa shape index (κ1) is 19.4. The molecular formula is C20H24N6O2. The molecule has 2 aromatic rings. The number of amides is 1. The number of nitrogens with zero attached hydrogens (tertiary/aromatic N) is 4. The molecule has 1 aromatic heterocycles. The maximum absolute atomic E-state index is 11.8. The van der Waals surface area contributed by atoms with Gasteiger partial charge in [0.05, 0.1) is 17.9 Å². The number of nitrogens with one attached hydrogen (secondary N) is 2. The molecule has 28 heavy (non-hydrogen) atoms. The van der Waals surface area contributed by atoms with Crippen molar-refractivity contribution in [1.82, 2.24) is 14.9 Å². The average molecular weight is 380 g/mol. The van der Waals surface area contributed by atoms with E-state index in [1.54, 1.807) is 11.0 Å². The van der Waals surface area contributed by atoms with E-state index in [1.165, 1.54) is 0 Å². The summed E-state index contributed by atoms with van der Waals surface area (Å²) in [7, 11) is 0. The van der Waals surface area contributed by atoms with Gasteiger partial charge < -0.3 is 20.3 Å². The molecule has 2 heterocycles. The second kappa shape index (κ2) is 9.04.